The molecule has 1 N–H and O–H groups in total. The third kappa shape index (κ3) is 2.65. The third-order valence-electron chi connectivity index (χ3n) is 3.44. The molecule has 0 spiro atoms. The van der Waals surface area contributed by atoms with E-state index in [1.165, 1.54) is 36.9 Å². The molecule has 0 unspecified atom stereocenters. The lowest BCUT2D eigenvalue weighted by Gasteiger charge is -2.22. The average Bonchev–Trinajstić information content (AvgIpc) is 2.16. The maximum Gasteiger partial charge on any atom is 0.0208 e. The fraction of sp³-hybridized carbons (Fsp3) is 0.600. The normalized spacial score (nSPS) is 17.4. The van der Waals surface area contributed by atoms with E-state index >= 15 is 0 Å². The molecule has 0 saturated carbocycles. The Hall–Kier alpha value is -0.820. The summed E-state index contributed by atoms with van der Waals surface area (Å²) in [4.78, 5) is 0. The van der Waals surface area contributed by atoms with Crippen LogP contribution in [0, 0.1) is 0 Å². The van der Waals surface area contributed by atoms with E-state index in [0.717, 1.165) is 6.54 Å². The third-order valence-corrected chi connectivity index (χ3v) is 3.44. The zero-order valence-corrected chi connectivity index (χ0v) is 10.8. The summed E-state index contributed by atoms with van der Waals surface area (Å²) in [7, 11) is 0. The molecule has 0 radical (unpaired) electrons. The molecule has 0 saturated heterocycles. The first-order valence-electron chi connectivity index (χ1n) is 6.40. The summed E-state index contributed by atoms with van der Waals surface area (Å²) >= 11 is 0. The Bertz CT molecular complexity index is 360. The Morgan fingerprint density at radius 1 is 1.06 bits per heavy atom. The minimum absolute atomic E-state index is 0.261. The molecule has 2 rings (SSSR count). The molecule has 1 aliphatic rings. The van der Waals surface area contributed by atoms with Gasteiger partial charge >= 0.3 is 0 Å². The molecule has 0 atom stereocenters. The Balaban J connectivity index is 2.32. The number of aryl methyl sites for hydroxylation is 1. The van der Waals surface area contributed by atoms with Gasteiger partial charge in [-0.2, -0.15) is 0 Å². The monoisotopic (exact) mass is 217 g/mol. The molecule has 0 aliphatic carbocycles. The molecule has 1 aliphatic heterocycles. The summed E-state index contributed by atoms with van der Waals surface area (Å²) in [5.74, 6) is 0. The van der Waals surface area contributed by atoms with E-state index in [9.17, 15) is 0 Å². The highest BCUT2D eigenvalue weighted by Gasteiger charge is 2.15. The Morgan fingerprint density at radius 3 is 2.62 bits per heavy atom. The number of fused-ring (bicyclic) bond motifs is 1. The van der Waals surface area contributed by atoms with E-state index in [-0.39, 0.29) is 5.41 Å². The lowest BCUT2D eigenvalue weighted by atomic mass is 9.84. The first-order valence-corrected chi connectivity index (χ1v) is 6.40. The summed E-state index contributed by atoms with van der Waals surface area (Å²) in [6, 6.07) is 7.04. The van der Waals surface area contributed by atoms with E-state index in [1.54, 1.807) is 5.56 Å². The van der Waals surface area contributed by atoms with Crippen molar-refractivity contribution in [3.05, 3.63) is 34.9 Å². The van der Waals surface area contributed by atoms with Crippen LogP contribution in [0.2, 0.25) is 0 Å². The van der Waals surface area contributed by atoms with Crippen LogP contribution in [0.5, 0.6) is 0 Å². The van der Waals surface area contributed by atoms with Gasteiger partial charge < -0.3 is 5.32 Å². The highest BCUT2D eigenvalue weighted by molar-refractivity contribution is 5.35. The lowest BCUT2D eigenvalue weighted by Crippen LogP contribution is -2.20. The van der Waals surface area contributed by atoms with Gasteiger partial charge in [-0.3, -0.25) is 0 Å². The van der Waals surface area contributed by atoms with Crippen LogP contribution in [0.15, 0.2) is 18.2 Å². The van der Waals surface area contributed by atoms with Crippen molar-refractivity contribution in [1.82, 2.24) is 5.32 Å². The zero-order chi connectivity index (χ0) is 11.6. The number of rotatable bonds is 0. The Labute approximate surface area is 99.3 Å². The van der Waals surface area contributed by atoms with Gasteiger partial charge in [-0.15, -0.1) is 0 Å². The van der Waals surface area contributed by atoms with E-state index in [4.69, 9.17) is 0 Å². The minimum atomic E-state index is 0.261. The first-order chi connectivity index (χ1) is 7.57. The topological polar surface area (TPSA) is 12.0 Å². The largest absolute Gasteiger partial charge is 0.313 e. The van der Waals surface area contributed by atoms with Crippen molar-refractivity contribution < 1.29 is 0 Å². The number of hydrogen-bond donors (Lipinski definition) is 1. The standard InChI is InChI=1S/C15H23N/c1-15(2,3)14-8-7-12-6-4-5-9-16-11-13(12)10-14/h7-8,10,16H,4-6,9,11H2,1-3H3. The molecule has 1 heteroatoms. The molecule has 0 bridgehead atoms. The van der Waals surface area contributed by atoms with Crippen molar-refractivity contribution in [1.29, 1.82) is 0 Å². The minimum Gasteiger partial charge on any atom is -0.313 e. The van der Waals surface area contributed by atoms with Crippen LogP contribution < -0.4 is 5.32 Å². The predicted molar refractivity (Wildman–Crippen MR) is 69.8 cm³/mol. The van der Waals surface area contributed by atoms with Crippen molar-refractivity contribution in [2.75, 3.05) is 6.54 Å². The van der Waals surface area contributed by atoms with Gasteiger partial charge in [0.05, 0.1) is 0 Å². The smallest absolute Gasteiger partial charge is 0.0208 e. The zero-order valence-electron chi connectivity index (χ0n) is 10.8. The molecular formula is C15H23N. The second-order valence-electron chi connectivity index (χ2n) is 5.87. The lowest BCUT2D eigenvalue weighted by molar-refractivity contribution is 0.577. The van der Waals surface area contributed by atoms with Crippen LogP contribution in [-0.2, 0) is 18.4 Å². The molecule has 1 aromatic rings. The van der Waals surface area contributed by atoms with E-state index in [1.807, 2.05) is 0 Å². The number of benzene rings is 1. The molecule has 0 aromatic heterocycles. The van der Waals surface area contributed by atoms with Gasteiger partial charge in [0.2, 0.25) is 0 Å². The Kier molecular flexibility index (Phi) is 3.34. The molecular weight excluding hydrogens is 194 g/mol. The summed E-state index contributed by atoms with van der Waals surface area (Å²) in [6.07, 6.45) is 3.87. The SMILES string of the molecule is CC(C)(C)c1ccc2c(c1)CNCCCC2. The van der Waals surface area contributed by atoms with Crippen molar-refractivity contribution in [2.45, 2.75) is 52.0 Å². The molecule has 0 amide bonds. The maximum atomic E-state index is 3.52. The average molecular weight is 217 g/mol. The van der Waals surface area contributed by atoms with Crippen molar-refractivity contribution in [3.63, 3.8) is 0 Å². The molecule has 1 nitrogen and oxygen atoms in total. The van der Waals surface area contributed by atoms with Gasteiger partial charge in [-0.1, -0.05) is 39.0 Å². The number of hydrogen-bond acceptors (Lipinski definition) is 1. The fourth-order valence-corrected chi connectivity index (χ4v) is 2.29. The van der Waals surface area contributed by atoms with Crippen LogP contribution in [0.25, 0.3) is 0 Å². The molecule has 88 valence electrons. The van der Waals surface area contributed by atoms with Gasteiger partial charge in [-0.25, -0.2) is 0 Å². The maximum absolute atomic E-state index is 3.52. The quantitative estimate of drug-likeness (QED) is 0.702. The van der Waals surface area contributed by atoms with Crippen LogP contribution in [0.4, 0.5) is 0 Å². The van der Waals surface area contributed by atoms with E-state index < -0.39 is 0 Å². The van der Waals surface area contributed by atoms with E-state index in [0.29, 0.717) is 0 Å². The van der Waals surface area contributed by atoms with Gasteiger partial charge in [0.15, 0.2) is 0 Å². The van der Waals surface area contributed by atoms with Crippen LogP contribution in [0.1, 0.15) is 50.3 Å². The Morgan fingerprint density at radius 2 is 1.88 bits per heavy atom. The van der Waals surface area contributed by atoms with Gasteiger partial charge in [-0.05, 0) is 47.9 Å². The highest BCUT2D eigenvalue weighted by Crippen LogP contribution is 2.25. The van der Waals surface area contributed by atoms with Crippen molar-refractivity contribution in [3.8, 4) is 0 Å². The molecule has 1 aromatic carbocycles. The fourth-order valence-electron chi connectivity index (χ4n) is 2.29. The van der Waals surface area contributed by atoms with Crippen LogP contribution in [0.3, 0.4) is 0 Å². The van der Waals surface area contributed by atoms with Crippen molar-refractivity contribution in [2.24, 2.45) is 0 Å². The highest BCUT2D eigenvalue weighted by atomic mass is 14.8. The van der Waals surface area contributed by atoms with E-state index in [2.05, 4.69) is 44.3 Å². The first kappa shape index (κ1) is 11.7. The van der Waals surface area contributed by atoms with Crippen molar-refractivity contribution >= 4 is 0 Å². The summed E-state index contributed by atoms with van der Waals surface area (Å²) in [5, 5.41) is 3.52. The number of nitrogens with one attached hydrogen (secondary N) is 1. The van der Waals surface area contributed by atoms with Crippen LogP contribution >= 0.6 is 0 Å². The second-order valence-corrected chi connectivity index (χ2v) is 5.87. The predicted octanol–water partition coefficient (Wildman–Crippen LogP) is 3.41. The second kappa shape index (κ2) is 4.58. The van der Waals surface area contributed by atoms with Gasteiger partial charge in [0.25, 0.3) is 0 Å². The summed E-state index contributed by atoms with van der Waals surface area (Å²) in [5.41, 5.74) is 4.76. The van der Waals surface area contributed by atoms with Gasteiger partial charge in [0, 0.05) is 6.54 Å². The molecule has 16 heavy (non-hydrogen) atoms. The summed E-state index contributed by atoms with van der Waals surface area (Å²) < 4.78 is 0. The summed E-state index contributed by atoms with van der Waals surface area (Å²) in [6.45, 7) is 9.06. The molecule has 0 fully saturated rings. The van der Waals surface area contributed by atoms with Gasteiger partial charge in [0.1, 0.15) is 0 Å². The molecule has 1 heterocycles. The van der Waals surface area contributed by atoms with Crippen LogP contribution in [-0.4, -0.2) is 6.54 Å².